The molecule has 5 heteroatoms. The molecule has 0 heterocycles. The average molecular weight is 257 g/mol. The van der Waals surface area contributed by atoms with Gasteiger partial charge in [0, 0.05) is 0 Å². The van der Waals surface area contributed by atoms with E-state index in [0.29, 0.717) is 11.3 Å². The highest BCUT2D eigenvalue weighted by molar-refractivity contribution is 7.92. The summed E-state index contributed by atoms with van der Waals surface area (Å²) >= 11 is 0. The molecule has 17 heavy (non-hydrogen) atoms. The smallest absolute Gasteiger partial charge is 0.232 e. The number of benzene rings is 1. The number of phenols is 1. The number of nitrogens with one attached hydrogen (secondary N) is 1. The molecule has 1 rings (SSSR count). The van der Waals surface area contributed by atoms with Crippen molar-refractivity contribution >= 4 is 15.7 Å². The van der Waals surface area contributed by atoms with Gasteiger partial charge in [0.15, 0.2) is 0 Å². The van der Waals surface area contributed by atoms with Crippen LogP contribution in [-0.4, -0.2) is 19.3 Å². The van der Waals surface area contributed by atoms with Crippen LogP contribution >= 0.6 is 0 Å². The van der Waals surface area contributed by atoms with Gasteiger partial charge in [0.05, 0.1) is 11.4 Å². The zero-order chi connectivity index (χ0) is 13.2. The van der Waals surface area contributed by atoms with Gasteiger partial charge in [-0.3, -0.25) is 4.72 Å². The van der Waals surface area contributed by atoms with Crippen molar-refractivity contribution in [3.05, 3.63) is 23.3 Å². The lowest BCUT2D eigenvalue weighted by molar-refractivity contribution is 0.464. The van der Waals surface area contributed by atoms with E-state index in [-0.39, 0.29) is 17.4 Å². The summed E-state index contributed by atoms with van der Waals surface area (Å²) in [6.45, 7) is 7.24. The standard InChI is InChI=1S/C12H19NO3S/c1-5-17(15,16)13-11-7-10(8(2)3)12(14)6-9(11)4/h6-8,13-14H,5H2,1-4H3. The molecular formula is C12H19NO3S. The first-order valence-corrected chi connectivity index (χ1v) is 7.26. The maximum Gasteiger partial charge on any atom is 0.232 e. The van der Waals surface area contributed by atoms with E-state index in [0.717, 1.165) is 5.56 Å². The lowest BCUT2D eigenvalue weighted by Gasteiger charge is -2.14. The van der Waals surface area contributed by atoms with E-state index < -0.39 is 10.0 Å². The molecule has 0 bridgehead atoms. The number of hydrogen-bond acceptors (Lipinski definition) is 3. The fourth-order valence-corrected chi connectivity index (χ4v) is 2.22. The third-order valence-corrected chi connectivity index (χ3v) is 3.93. The number of sulfonamides is 1. The highest BCUT2D eigenvalue weighted by Gasteiger charge is 2.13. The van der Waals surface area contributed by atoms with E-state index >= 15 is 0 Å². The van der Waals surface area contributed by atoms with Gasteiger partial charge in [-0.2, -0.15) is 0 Å². The number of anilines is 1. The lowest BCUT2D eigenvalue weighted by Crippen LogP contribution is -2.15. The van der Waals surface area contributed by atoms with Gasteiger partial charge in [0.2, 0.25) is 10.0 Å². The third kappa shape index (κ3) is 3.36. The molecule has 1 aromatic rings. The molecule has 0 saturated heterocycles. The predicted octanol–water partition coefficient (Wildman–Crippen LogP) is 2.59. The Morgan fingerprint density at radius 1 is 1.35 bits per heavy atom. The first kappa shape index (κ1) is 13.8. The molecule has 0 saturated carbocycles. The number of rotatable bonds is 4. The lowest BCUT2D eigenvalue weighted by atomic mass is 9.99. The zero-order valence-corrected chi connectivity index (χ0v) is 11.4. The third-order valence-electron chi connectivity index (χ3n) is 2.64. The molecule has 0 aliphatic carbocycles. The minimum absolute atomic E-state index is 0.0321. The Morgan fingerprint density at radius 2 is 1.94 bits per heavy atom. The Hall–Kier alpha value is -1.23. The first-order valence-electron chi connectivity index (χ1n) is 5.60. The largest absolute Gasteiger partial charge is 0.508 e. The summed E-state index contributed by atoms with van der Waals surface area (Å²) in [6, 6.07) is 3.28. The van der Waals surface area contributed by atoms with Gasteiger partial charge in [0.25, 0.3) is 0 Å². The molecule has 0 fully saturated rings. The molecule has 96 valence electrons. The van der Waals surface area contributed by atoms with Crippen LogP contribution in [0.3, 0.4) is 0 Å². The van der Waals surface area contributed by atoms with Gasteiger partial charge >= 0.3 is 0 Å². The van der Waals surface area contributed by atoms with E-state index in [2.05, 4.69) is 4.72 Å². The maximum atomic E-state index is 11.5. The average Bonchev–Trinajstić information content (AvgIpc) is 2.21. The van der Waals surface area contributed by atoms with Crippen molar-refractivity contribution in [2.75, 3.05) is 10.5 Å². The fourth-order valence-electron chi connectivity index (χ4n) is 1.52. The van der Waals surface area contributed by atoms with E-state index in [1.807, 2.05) is 13.8 Å². The summed E-state index contributed by atoms with van der Waals surface area (Å²) in [5, 5.41) is 9.76. The van der Waals surface area contributed by atoms with Crippen molar-refractivity contribution in [3.8, 4) is 5.75 Å². The van der Waals surface area contributed by atoms with Crippen molar-refractivity contribution in [2.24, 2.45) is 0 Å². The van der Waals surface area contributed by atoms with Crippen molar-refractivity contribution in [2.45, 2.75) is 33.6 Å². The molecule has 0 spiro atoms. The fraction of sp³-hybridized carbons (Fsp3) is 0.500. The Labute approximate surface area is 103 Å². The van der Waals surface area contributed by atoms with Crippen LogP contribution in [0.5, 0.6) is 5.75 Å². The Balaban J connectivity index is 3.21. The van der Waals surface area contributed by atoms with Crippen molar-refractivity contribution < 1.29 is 13.5 Å². The summed E-state index contributed by atoms with van der Waals surface area (Å²) in [5.41, 5.74) is 1.99. The summed E-state index contributed by atoms with van der Waals surface area (Å²) in [4.78, 5) is 0. The van der Waals surface area contributed by atoms with Crippen LogP contribution in [-0.2, 0) is 10.0 Å². The normalized spacial score (nSPS) is 11.8. The van der Waals surface area contributed by atoms with E-state index in [1.54, 1.807) is 26.0 Å². The Kier molecular flexibility index (Phi) is 4.03. The minimum atomic E-state index is -3.28. The molecule has 0 aliphatic rings. The van der Waals surface area contributed by atoms with Gasteiger partial charge in [-0.15, -0.1) is 0 Å². The molecule has 4 nitrogen and oxygen atoms in total. The summed E-state index contributed by atoms with van der Waals surface area (Å²) in [7, 11) is -3.28. The second kappa shape index (κ2) is 4.96. The molecular weight excluding hydrogens is 238 g/mol. The monoisotopic (exact) mass is 257 g/mol. The molecule has 0 aliphatic heterocycles. The van der Waals surface area contributed by atoms with Crippen molar-refractivity contribution in [3.63, 3.8) is 0 Å². The van der Waals surface area contributed by atoms with Gasteiger partial charge in [-0.25, -0.2) is 8.42 Å². The second-order valence-corrected chi connectivity index (χ2v) is 6.40. The number of aromatic hydroxyl groups is 1. The second-order valence-electron chi connectivity index (χ2n) is 4.39. The van der Waals surface area contributed by atoms with E-state index in [1.165, 1.54) is 0 Å². The van der Waals surface area contributed by atoms with Crippen LogP contribution in [0, 0.1) is 6.92 Å². The number of aryl methyl sites for hydroxylation is 1. The van der Waals surface area contributed by atoms with Crippen LogP contribution in [0.15, 0.2) is 12.1 Å². The summed E-state index contributed by atoms with van der Waals surface area (Å²) in [6.07, 6.45) is 0. The van der Waals surface area contributed by atoms with Crippen LogP contribution in [0.25, 0.3) is 0 Å². The van der Waals surface area contributed by atoms with E-state index in [4.69, 9.17) is 0 Å². The summed E-state index contributed by atoms with van der Waals surface area (Å²) < 4.78 is 25.5. The highest BCUT2D eigenvalue weighted by atomic mass is 32.2. The van der Waals surface area contributed by atoms with Gasteiger partial charge in [0.1, 0.15) is 5.75 Å². The van der Waals surface area contributed by atoms with E-state index in [9.17, 15) is 13.5 Å². The van der Waals surface area contributed by atoms with Crippen LogP contribution in [0.2, 0.25) is 0 Å². The molecule has 0 aromatic heterocycles. The number of phenolic OH excluding ortho intramolecular Hbond substituents is 1. The Morgan fingerprint density at radius 3 is 2.41 bits per heavy atom. The van der Waals surface area contributed by atoms with Crippen LogP contribution < -0.4 is 4.72 Å². The molecule has 2 N–H and O–H groups in total. The molecule has 0 atom stereocenters. The van der Waals surface area contributed by atoms with Gasteiger partial charge in [-0.1, -0.05) is 13.8 Å². The maximum absolute atomic E-state index is 11.5. The first-order chi connectivity index (χ1) is 7.76. The van der Waals surface area contributed by atoms with Crippen molar-refractivity contribution in [1.29, 1.82) is 0 Å². The molecule has 0 radical (unpaired) electrons. The molecule has 0 amide bonds. The van der Waals surface area contributed by atoms with Gasteiger partial charge < -0.3 is 5.11 Å². The minimum Gasteiger partial charge on any atom is -0.508 e. The van der Waals surface area contributed by atoms with Gasteiger partial charge in [-0.05, 0) is 43.0 Å². The van der Waals surface area contributed by atoms with Crippen LogP contribution in [0.1, 0.15) is 37.8 Å². The SMILES string of the molecule is CCS(=O)(=O)Nc1cc(C(C)C)c(O)cc1C. The highest BCUT2D eigenvalue weighted by Crippen LogP contribution is 2.31. The summed E-state index contributed by atoms with van der Waals surface area (Å²) in [5.74, 6) is 0.377. The number of hydrogen-bond donors (Lipinski definition) is 2. The van der Waals surface area contributed by atoms with Crippen LogP contribution in [0.4, 0.5) is 5.69 Å². The predicted molar refractivity (Wildman–Crippen MR) is 70.0 cm³/mol. The van der Waals surface area contributed by atoms with Crippen molar-refractivity contribution in [1.82, 2.24) is 0 Å². The quantitative estimate of drug-likeness (QED) is 0.815. The molecule has 0 unspecified atom stereocenters. The Bertz CT molecular complexity index is 507. The zero-order valence-electron chi connectivity index (χ0n) is 10.6. The topological polar surface area (TPSA) is 66.4 Å². The molecule has 1 aromatic carbocycles.